The number of allylic oxidation sites excluding steroid dienone is 2. The molecular weight excluding hydrogens is 276 g/mol. The average Bonchev–Trinajstić information content (AvgIpc) is 2.91. The number of fused-ring (bicyclic) bond motifs is 1. The van der Waals surface area contributed by atoms with Crippen molar-refractivity contribution in [3.05, 3.63) is 71.3 Å². The van der Waals surface area contributed by atoms with Gasteiger partial charge >= 0.3 is 5.97 Å². The summed E-state index contributed by atoms with van der Waals surface area (Å²) in [6.07, 6.45) is 8.21. The maximum absolute atomic E-state index is 12.3. The van der Waals surface area contributed by atoms with Gasteiger partial charge in [0.25, 0.3) is 0 Å². The van der Waals surface area contributed by atoms with E-state index in [-0.39, 0.29) is 16.8 Å². The van der Waals surface area contributed by atoms with Gasteiger partial charge in [0.1, 0.15) is 5.57 Å². The number of benzene rings is 1. The zero-order valence-corrected chi connectivity index (χ0v) is 12.1. The predicted molar refractivity (Wildman–Crippen MR) is 79.9 cm³/mol. The van der Waals surface area contributed by atoms with Crippen LogP contribution in [0.25, 0.3) is 0 Å². The van der Waals surface area contributed by atoms with Crippen molar-refractivity contribution in [1.29, 1.82) is 0 Å². The number of esters is 1. The number of carbonyl (C=O) groups is 2. The number of hydrogen-bond donors (Lipinski definition) is 0. The molecule has 1 fully saturated rings. The molecule has 3 heteroatoms. The molecule has 4 aliphatic rings. The zero-order chi connectivity index (χ0) is 15.1. The van der Waals surface area contributed by atoms with E-state index in [2.05, 4.69) is 24.3 Å². The Balaban J connectivity index is 1.82. The highest BCUT2D eigenvalue weighted by Crippen LogP contribution is 2.76. The molecule has 3 nitrogen and oxygen atoms in total. The van der Waals surface area contributed by atoms with Crippen LogP contribution in [0.4, 0.5) is 0 Å². The Kier molecular flexibility index (Phi) is 1.93. The fourth-order valence-electron chi connectivity index (χ4n) is 4.89. The SMILES string of the molecule is CC(=O)C1=C2C=CC3C4C=CC2(OC1=O)C34c1ccccc1. The van der Waals surface area contributed by atoms with Crippen LogP contribution in [0.15, 0.2) is 65.8 Å². The Bertz CT molecular complexity index is 829. The van der Waals surface area contributed by atoms with Gasteiger partial charge in [-0.1, -0.05) is 48.6 Å². The molecule has 1 aromatic carbocycles. The first kappa shape index (κ1) is 12.2. The average molecular weight is 290 g/mol. The summed E-state index contributed by atoms with van der Waals surface area (Å²) in [7, 11) is 0. The second kappa shape index (κ2) is 3.49. The number of ketones is 1. The monoisotopic (exact) mass is 290 g/mol. The van der Waals surface area contributed by atoms with E-state index in [1.807, 2.05) is 30.4 Å². The van der Waals surface area contributed by atoms with Crippen LogP contribution >= 0.6 is 0 Å². The summed E-state index contributed by atoms with van der Waals surface area (Å²) in [6, 6.07) is 10.2. The van der Waals surface area contributed by atoms with E-state index in [0.717, 1.165) is 5.57 Å². The molecule has 0 N–H and O–H groups in total. The quantitative estimate of drug-likeness (QED) is 0.477. The molecule has 1 heterocycles. The summed E-state index contributed by atoms with van der Waals surface area (Å²) >= 11 is 0. The van der Waals surface area contributed by atoms with Crippen molar-refractivity contribution >= 4 is 11.8 Å². The Hall–Kier alpha value is -2.42. The van der Waals surface area contributed by atoms with Crippen LogP contribution in [0.5, 0.6) is 0 Å². The molecule has 4 atom stereocenters. The van der Waals surface area contributed by atoms with Gasteiger partial charge in [0, 0.05) is 5.57 Å². The summed E-state index contributed by atoms with van der Waals surface area (Å²) < 4.78 is 5.86. The predicted octanol–water partition coefficient (Wildman–Crippen LogP) is 2.49. The molecule has 0 aromatic heterocycles. The molecule has 22 heavy (non-hydrogen) atoms. The fourth-order valence-corrected chi connectivity index (χ4v) is 4.89. The number of rotatable bonds is 2. The van der Waals surface area contributed by atoms with E-state index >= 15 is 0 Å². The zero-order valence-electron chi connectivity index (χ0n) is 12.1. The highest BCUT2D eigenvalue weighted by molar-refractivity contribution is 6.20. The van der Waals surface area contributed by atoms with E-state index in [1.54, 1.807) is 0 Å². The smallest absolute Gasteiger partial charge is 0.343 e. The molecule has 1 spiro atoms. The highest BCUT2D eigenvalue weighted by atomic mass is 16.6. The summed E-state index contributed by atoms with van der Waals surface area (Å²) in [5.41, 5.74) is 1.07. The topological polar surface area (TPSA) is 43.4 Å². The maximum Gasteiger partial charge on any atom is 0.343 e. The lowest BCUT2D eigenvalue weighted by Crippen LogP contribution is -2.44. The molecule has 0 radical (unpaired) electrons. The summed E-state index contributed by atoms with van der Waals surface area (Å²) in [4.78, 5) is 24.3. The Labute approximate surface area is 128 Å². The van der Waals surface area contributed by atoms with Gasteiger partial charge in [-0.3, -0.25) is 4.79 Å². The molecule has 1 aliphatic heterocycles. The first-order valence-electron chi connectivity index (χ1n) is 7.55. The molecule has 1 aromatic rings. The van der Waals surface area contributed by atoms with E-state index < -0.39 is 11.6 Å². The van der Waals surface area contributed by atoms with Gasteiger partial charge < -0.3 is 4.74 Å². The van der Waals surface area contributed by atoms with Crippen molar-refractivity contribution in [1.82, 2.24) is 0 Å². The molecule has 0 bridgehead atoms. The number of hydrogen-bond acceptors (Lipinski definition) is 3. The Morgan fingerprint density at radius 1 is 1.14 bits per heavy atom. The lowest BCUT2D eigenvalue weighted by Gasteiger charge is -2.37. The van der Waals surface area contributed by atoms with Gasteiger partial charge in [-0.15, -0.1) is 0 Å². The van der Waals surface area contributed by atoms with E-state index in [9.17, 15) is 9.59 Å². The third kappa shape index (κ3) is 1.03. The molecular formula is C19H14O3. The van der Waals surface area contributed by atoms with Crippen LogP contribution in [0.3, 0.4) is 0 Å². The summed E-state index contributed by atoms with van der Waals surface area (Å²) in [5, 5.41) is 0. The van der Waals surface area contributed by atoms with Crippen molar-refractivity contribution in [2.24, 2.45) is 11.8 Å². The second-order valence-electron chi connectivity index (χ2n) is 6.47. The van der Waals surface area contributed by atoms with E-state index in [4.69, 9.17) is 4.74 Å². The maximum atomic E-state index is 12.3. The van der Waals surface area contributed by atoms with Crippen molar-refractivity contribution in [3.63, 3.8) is 0 Å². The molecule has 108 valence electrons. The number of Topliss-reactive ketones (excluding diaryl/α,β-unsaturated/α-hetero) is 1. The van der Waals surface area contributed by atoms with E-state index in [1.165, 1.54) is 12.5 Å². The highest BCUT2D eigenvalue weighted by Gasteiger charge is 2.80. The Morgan fingerprint density at radius 3 is 2.59 bits per heavy atom. The third-order valence-corrected chi connectivity index (χ3v) is 5.68. The van der Waals surface area contributed by atoms with Crippen LogP contribution in [0.2, 0.25) is 0 Å². The largest absolute Gasteiger partial charge is 0.445 e. The molecule has 5 rings (SSSR count). The fraction of sp³-hybridized carbons (Fsp3) is 0.263. The summed E-state index contributed by atoms with van der Waals surface area (Å²) in [6.45, 7) is 1.43. The van der Waals surface area contributed by atoms with Gasteiger partial charge in [-0.25, -0.2) is 4.79 Å². The van der Waals surface area contributed by atoms with Crippen LogP contribution in [0.1, 0.15) is 12.5 Å². The first-order chi connectivity index (χ1) is 10.6. The molecule has 0 saturated heterocycles. The van der Waals surface area contributed by atoms with Crippen molar-refractivity contribution in [2.45, 2.75) is 17.9 Å². The molecule has 1 saturated carbocycles. The van der Waals surface area contributed by atoms with Gasteiger partial charge in [0.2, 0.25) is 0 Å². The van der Waals surface area contributed by atoms with Crippen LogP contribution in [-0.2, 0) is 19.7 Å². The lowest BCUT2D eigenvalue weighted by molar-refractivity contribution is -0.146. The van der Waals surface area contributed by atoms with Crippen LogP contribution in [-0.4, -0.2) is 17.4 Å². The minimum absolute atomic E-state index is 0.210. The van der Waals surface area contributed by atoms with Crippen LogP contribution < -0.4 is 0 Å². The third-order valence-electron chi connectivity index (χ3n) is 5.68. The molecule has 4 unspecified atom stereocenters. The molecule has 3 aliphatic carbocycles. The molecule has 0 amide bonds. The lowest BCUT2D eigenvalue weighted by atomic mass is 9.70. The van der Waals surface area contributed by atoms with Crippen molar-refractivity contribution in [2.75, 3.05) is 0 Å². The Morgan fingerprint density at radius 2 is 1.86 bits per heavy atom. The standard InChI is InChI=1S/C19H14O3/c1-11(20)16-15-8-7-13-14-9-10-18(15,22-17(16)21)19(13,14)12-5-3-2-4-6-12/h2-10,13-14H,1H3. The first-order valence-corrected chi connectivity index (χ1v) is 7.55. The second-order valence-corrected chi connectivity index (χ2v) is 6.47. The van der Waals surface area contributed by atoms with Gasteiger partial charge in [-0.05, 0) is 30.4 Å². The minimum Gasteiger partial charge on any atom is -0.445 e. The summed E-state index contributed by atoms with van der Waals surface area (Å²) in [5.74, 6) is -0.0356. The normalized spacial score (nSPS) is 39.6. The van der Waals surface area contributed by atoms with Crippen molar-refractivity contribution < 1.29 is 14.3 Å². The number of ether oxygens (including phenoxy) is 1. The van der Waals surface area contributed by atoms with E-state index in [0.29, 0.717) is 11.8 Å². The minimum atomic E-state index is -0.795. The van der Waals surface area contributed by atoms with Gasteiger partial charge in [-0.2, -0.15) is 0 Å². The van der Waals surface area contributed by atoms with Gasteiger partial charge in [0.15, 0.2) is 11.4 Å². The number of carbonyl (C=O) groups excluding carboxylic acids is 2. The van der Waals surface area contributed by atoms with Crippen molar-refractivity contribution in [3.8, 4) is 0 Å². The van der Waals surface area contributed by atoms with Gasteiger partial charge in [0.05, 0.1) is 5.41 Å². The van der Waals surface area contributed by atoms with Crippen LogP contribution in [0, 0.1) is 11.8 Å².